The number of thiophene rings is 1. The fourth-order valence-electron chi connectivity index (χ4n) is 2.97. The molecule has 8 nitrogen and oxygen atoms in total. The van der Waals surface area contributed by atoms with Gasteiger partial charge in [-0.1, -0.05) is 6.42 Å². The van der Waals surface area contributed by atoms with Crippen LogP contribution >= 0.6 is 11.3 Å². The second-order valence-corrected chi connectivity index (χ2v) is 9.81. The molecule has 3 amide bonds. The second kappa shape index (κ2) is 8.72. The fourth-order valence-corrected chi connectivity index (χ4v) is 5.99. The molecule has 1 fully saturated rings. The van der Waals surface area contributed by atoms with E-state index in [9.17, 15) is 18.0 Å². The first-order chi connectivity index (χ1) is 13.3. The number of amides is 3. The van der Waals surface area contributed by atoms with E-state index in [1.165, 1.54) is 4.31 Å². The molecule has 28 heavy (non-hydrogen) atoms. The van der Waals surface area contributed by atoms with E-state index < -0.39 is 16.1 Å². The predicted molar refractivity (Wildman–Crippen MR) is 109 cm³/mol. The van der Waals surface area contributed by atoms with Crippen LogP contribution in [0.25, 0.3) is 0 Å². The van der Waals surface area contributed by atoms with E-state index in [1.54, 1.807) is 36.4 Å². The van der Waals surface area contributed by atoms with Crippen molar-refractivity contribution >= 4 is 44.7 Å². The van der Waals surface area contributed by atoms with Crippen LogP contribution in [0, 0.1) is 0 Å². The minimum absolute atomic E-state index is 0.0848. The van der Waals surface area contributed by atoms with Crippen LogP contribution < -0.4 is 16.4 Å². The van der Waals surface area contributed by atoms with E-state index in [4.69, 9.17) is 5.73 Å². The average Bonchev–Trinajstić information content (AvgIpc) is 3.13. The number of benzene rings is 1. The number of sulfonamides is 1. The standard InChI is InChI=1S/C18H22N4O4S2/c19-18(24)21-14-6-4-13(5-7-14)20-16(23)12-15-8-9-17(27-15)28(25,26)22-10-2-1-3-11-22/h4-9H,1-3,10-12H2,(H,20,23)(H3,19,21,24). The Morgan fingerprint density at radius 2 is 1.57 bits per heavy atom. The number of anilines is 2. The van der Waals surface area contributed by atoms with Gasteiger partial charge < -0.3 is 16.4 Å². The quantitative estimate of drug-likeness (QED) is 0.662. The number of nitrogens with one attached hydrogen (secondary N) is 2. The number of nitrogens with two attached hydrogens (primary N) is 1. The van der Waals surface area contributed by atoms with Crippen molar-refractivity contribution in [3.8, 4) is 0 Å². The summed E-state index contributed by atoms with van der Waals surface area (Å²) in [6.45, 7) is 1.10. The van der Waals surface area contributed by atoms with Gasteiger partial charge in [0.25, 0.3) is 10.0 Å². The molecule has 1 aliphatic rings. The van der Waals surface area contributed by atoms with Crippen LogP contribution in [0.4, 0.5) is 16.2 Å². The maximum absolute atomic E-state index is 12.7. The van der Waals surface area contributed by atoms with Gasteiger partial charge in [0.05, 0.1) is 6.42 Å². The van der Waals surface area contributed by atoms with Gasteiger partial charge in [0, 0.05) is 29.3 Å². The molecule has 1 aromatic heterocycles. The lowest BCUT2D eigenvalue weighted by Gasteiger charge is -2.25. The fraction of sp³-hybridized carbons (Fsp3) is 0.333. The molecule has 0 aliphatic carbocycles. The Morgan fingerprint density at radius 3 is 2.18 bits per heavy atom. The van der Waals surface area contributed by atoms with Crippen LogP contribution in [0.2, 0.25) is 0 Å². The van der Waals surface area contributed by atoms with Gasteiger partial charge in [-0.15, -0.1) is 11.3 Å². The van der Waals surface area contributed by atoms with Crippen molar-refractivity contribution in [2.75, 3.05) is 23.7 Å². The summed E-state index contributed by atoms with van der Waals surface area (Å²) in [5, 5.41) is 5.18. The van der Waals surface area contributed by atoms with Crippen LogP contribution in [-0.2, 0) is 21.2 Å². The van der Waals surface area contributed by atoms with Crippen molar-refractivity contribution in [1.82, 2.24) is 4.31 Å². The van der Waals surface area contributed by atoms with Crippen LogP contribution in [0.1, 0.15) is 24.1 Å². The Bertz CT molecular complexity index is 948. The normalized spacial score (nSPS) is 15.1. The second-order valence-electron chi connectivity index (χ2n) is 6.48. The molecular weight excluding hydrogens is 400 g/mol. The maximum Gasteiger partial charge on any atom is 0.316 e. The van der Waals surface area contributed by atoms with Gasteiger partial charge in [-0.3, -0.25) is 4.79 Å². The highest BCUT2D eigenvalue weighted by atomic mass is 32.2. The van der Waals surface area contributed by atoms with Gasteiger partial charge in [0.2, 0.25) is 5.91 Å². The van der Waals surface area contributed by atoms with E-state index in [1.807, 2.05) is 0 Å². The highest BCUT2D eigenvalue weighted by molar-refractivity contribution is 7.91. The molecule has 0 saturated carbocycles. The molecule has 1 aromatic carbocycles. The van der Waals surface area contributed by atoms with Crippen LogP contribution in [0.5, 0.6) is 0 Å². The SMILES string of the molecule is NC(=O)Nc1ccc(NC(=O)Cc2ccc(S(=O)(=O)N3CCCCC3)s2)cc1. The molecular formula is C18H22N4O4S2. The summed E-state index contributed by atoms with van der Waals surface area (Å²) >= 11 is 1.13. The molecule has 0 bridgehead atoms. The lowest BCUT2D eigenvalue weighted by atomic mass is 10.2. The molecule has 2 aromatic rings. The van der Waals surface area contributed by atoms with Crippen molar-refractivity contribution in [3.63, 3.8) is 0 Å². The lowest BCUT2D eigenvalue weighted by Crippen LogP contribution is -2.35. The highest BCUT2D eigenvalue weighted by Gasteiger charge is 2.27. The molecule has 0 radical (unpaired) electrons. The van der Waals surface area contributed by atoms with E-state index >= 15 is 0 Å². The Balaban J connectivity index is 1.60. The first kappa shape index (κ1) is 20.3. The predicted octanol–water partition coefficient (Wildman–Crippen LogP) is 2.59. The van der Waals surface area contributed by atoms with Crippen molar-refractivity contribution in [2.24, 2.45) is 5.73 Å². The maximum atomic E-state index is 12.7. The summed E-state index contributed by atoms with van der Waals surface area (Å²) in [5.41, 5.74) is 6.14. The number of rotatable bonds is 6. The molecule has 0 unspecified atom stereocenters. The highest BCUT2D eigenvalue weighted by Crippen LogP contribution is 2.27. The number of urea groups is 1. The minimum Gasteiger partial charge on any atom is -0.351 e. The molecule has 1 aliphatic heterocycles. The van der Waals surface area contributed by atoms with Crippen molar-refractivity contribution in [2.45, 2.75) is 29.9 Å². The third-order valence-corrected chi connectivity index (χ3v) is 7.77. The third-order valence-electron chi connectivity index (χ3n) is 4.32. The largest absolute Gasteiger partial charge is 0.351 e. The Morgan fingerprint density at radius 1 is 0.964 bits per heavy atom. The molecule has 150 valence electrons. The zero-order chi connectivity index (χ0) is 20.1. The molecule has 0 atom stereocenters. The number of nitrogens with zero attached hydrogens (tertiary/aromatic N) is 1. The average molecular weight is 423 g/mol. The molecule has 10 heteroatoms. The first-order valence-electron chi connectivity index (χ1n) is 8.90. The smallest absolute Gasteiger partial charge is 0.316 e. The van der Waals surface area contributed by atoms with E-state index in [0.717, 1.165) is 30.6 Å². The zero-order valence-corrected chi connectivity index (χ0v) is 16.8. The van der Waals surface area contributed by atoms with Gasteiger partial charge in [-0.2, -0.15) is 4.31 Å². The van der Waals surface area contributed by atoms with Crippen molar-refractivity contribution in [3.05, 3.63) is 41.3 Å². The van der Waals surface area contributed by atoms with Crippen molar-refractivity contribution < 1.29 is 18.0 Å². The van der Waals surface area contributed by atoms with Gasteiger partial charge in [0.15, 0.2) is 0 Å². The molecule has 2 heterocycles. The molecule has 1 saturated heterocycles. The van der Waals surface area contributed by atoms with Gasteiger partial charge in [-0.25, -0.2) is 13.2 Å². The minimum atomic E-state index is -3.48. The van der Waals surface area contributed by atoms with Gasteiger partial charge in [0.1, 0.15) is 4.21 Å². The van der Waals surface area contributed by atoms with E-state index in [0.29, 0.717) is 29.3 Å². The number of carbonyl (C=O) groups is 2. The van der Waals surface area contributed by atoms with Gasteiger partial charge in [-0.05, 0) is 49.2 Å². The number of primary amides is 1. The van der Waals surface area contributed by atoms with Crippen LogP contribution in [-0.4, -0.2) is 37.8 Å². The third kappa shape index (κ3) is 5.09. The van der Waals surface area contributed by atoms with Gasteiger partial charge >= 0.3 is 6.03 Å². The Labute approximate surface area is 167 Å². The summed E-state index contributed by atoms with van der Waals surface area (Å²) < 4.78 is 27.2. The summed E-state index contributed by atoms with van der Waals surface area (Å²) in [7, 11) is -3.48. The number of piperidine rings is 1. The van der Waals surface area contributed by atoms with E-state index in [2.05, 4.69) is 10.6 Å². The number of hydrogen-bond acceptors (Lipinski definition) is 5. The summed E-state index contributed by atoms with van der Waals surface area (Å²) in [6, 6.07) is 9.12. The molecule has 4 N–H and O–H groups in total. The summed E-state index contributed by atoms with van der Waals surface area (Å²) in [4.78, 5) is 23.7. The van der Waals surface area contributed by atoms with Crippen molar-refractivity contribution in [1.29, 1.82) is 0 Å². The topological polar surface area (TPSA) is 122 Å². The van der Waals surface area contributed by atoms with E-state index in [-0.39, 0.29) is 16.5 Å². The summed E-state index contributed by atoms with van der Waals surface area (Å²) in [6.07, 6.45) is 2.91. The Hall–Kier alpha value is -2.43. The molecule has 0 spiro atoms. The first-order valence-corrected chi connectivity index (χ1v) is 11.2. The summed E-state index contributed by atoms with van der Waals surface area (Å²) in [5.74, 6) is -0.251. The van der Waals surface area contributed by atoms with Crippen LogP contribution in [0.3, 0.4) is 0 Å². The van der Waals surface area contributed by atoms with Crippen LogP contribution in [0.15, 0.2) is 40.6 Å². The zero-order valence-electron chi connectivity index (χ0n) is 15.2. The lowest BCUT2D eigenvalue weighted by molar-refractivity contribution is -0.115. The Kier molecular flexibility index (Phi) is 6.32. The monoisotopic (exact) mass is 422 g/mol. The molecule has 3 rings (SSSR count). The number of hydrogen-bond donors (Lipinski definition) is 3. The number of carbonyl (C=O) groups excluding carboxylic acids is 2.